The van der Waals surface area contributed by atoms with Crippen LogP contribution in [0.3, 0.4) is 0 Å². The molecule has 0 saturated heterocycles. The van der Waals surface area contributed by atoms with Gasteiger partial charge in [-0.25, -0.2) is 0 Å². The van der Waals surface area contributed by atoms with E-state index in [1.165, 1.54) is 36.9 Å². The normalized spacial score (nSPS) is 22.8. The molecule has 1 N–H and O–H groups in total. The van der Waals surface area contributed by atoms with E-state index in [1.54, 1.807) is 0 Å². The van der Waals surface area contributed by atoms with Crippen molar-refractivity contribution < 1.29 is 0 Å². The minimum absolute atomic E-state index is 0.321. The van der Waals surface area contributed by atoms with Crippen LogP contribution in [0, 0.1) is 5.41 Å². The quantitative estimate of drug-likeness (QED) is 0.881. The van der Waals surface area contributed by atoms with E-state index < -0.39 is 0 Å². The van der Waals surface area contributed by atoms with Crippen molar-refractivity contribution in [2.24, 2.45) is 5.41 Å². The van der Waals surface area contributed by atoms with Crippen LogP contribution in [0.25, 0.3) is 0 Å². The summed E-state index contributed by atoms with van der Waals surface area (Å²) in [5.41, 5.74) is 3.31. The second kappa shape index (κ2) is 5.40. The van der Waals surface area contributed by atoms with E-state index in [9.17, 15) is 0 Å². The summed E-state index contributed by atoms with van der Waals surface area (Å²) in [4.78, 5) is 2.63. The molecule has 1 aliphatic carbocycles. The summed E-state index contributed by atoms with van der Waals surface area (Å²) in [5, 5.41) is 3.70. The minimum Gasteiger partial charge on any atom is -0.368 e. The molecule has 20 heavy (non-hydrogen) atoms. The maximum atomic E-state index is 3.70. The van der Waals surface area contributed by atoms with Gasteiger partial charge in [-0.3, -0.25) is 0 Å². The molecule has 2 aliphatic rings. The average Bonchev–Trinajstić information content (AvgIpc) is 3.24. The van der Waals surface area contributed by atoms with Crippen molar-refractivity contribution in [1.29, 1.82) is 0 Å². The molecular formula is C18H28N2. The van der Waals surface area contributed by atoms with E-state index in [4.69, 9.17) is 0 Å². The van der Waals surface area contributed by atoms with Gasteiger partial charge in [-0.05, 0) is 49.7 Å². The van der Waals surface area contributed by atoms with E-state index in [2.05, 4.69) is 55.3 Å². The van der Waals surface area contributed by atoms with E-state index in [0.717, 1.165) is 19.1 Å². The summed E-state index contributed by atoms with van der Waals surface area (Å²) in [6, 6.07) is 10.4. The summed E-state index contributed by atoms with van der Waals surface area (Å²) in [5.74, 6) is 0. The van der Waals surface area contributed by atoms with E-state index in [0.29, 0.717) is 11.5 Å². The Labute approximate surface area is 123 Å². The number of fused-ring (bicyclic) bond motifs is 1. The highest BCUT2D eigenvalue weighted by molar-refractivity contribution is 5.56. The van der Waals surface area contributed by atoms with Gasteiger partial charge in [-0.2, -0.15) is 0 Å². The lowest BCUT2D eigenvalue weighted by Crippen LogP contribution is -2.46. The molecule has 1 atom stereocenters. The largest absolute Gasteiger partial charge is 0.368 e. The second-order valence-corrected chi connectivity index (χ2v) is 7.46. The van der Waals surface area contributed by atoms with Crippen molar-refractivity contribution in [3.63, 3.8) is 0 Å². The molecule has 1 aromatic rings. The van der Waals surface area contributed by atoms with Gasteiger partial charge >= 0.3 is 0 Å². The Morgan fingerprint density at radius 2 is 1.95 bits per heavy atom. The van der Waals surface area contributed by atoms with Gasteiger partial charge in [-0.15, -0.1) is 0 Å². The maximum Gasteiger partial charge on any atom is 0.0401 e. The van der Waals surface area contributed by atoms with Crippen molar-refractivity contribution in [1.82, 2.24) is 5.32 Å². The van der Waals surface area contributed by atoms with Gasteiger partial charge in [0.15, 0.2) is 0 Å². The van der Waals surface area contributed by atoms with Crippen LogP contribution in [0.1, 0.15) is 45.6 Å². The van der Waals surface area contributed by atoms with Crippen LogP contribution < -0.4 is 10.2 Å². The number of aryl methyl sites for hydroxylation is 1. The summed E-state index contributed by atoms with van der Waals surface area (Å²) in [6.45, 7) is 9.44. The third-order valence-corrected chi connectivity index (χ3v) is 4.71. The van der Waals surface area contributed by atoms with Crippen molar-refractivity contribution >= 4 is 5.69 Å². The number of para-hydroxylation sites is 1. The highest BCUT2D eigenvalue weighted by Gasteiger charge is 2.30. The second-order valence-electron chi connectivity index (χ2n) is 7.46. The molecule has 0 amide bonds. The Morgan fingerprint density at radius 3 is 2.70 bits per heavy atom. The van der Waals surface area contributed by atoms with Crippen LogP contribution in [0.4, 0.5) is 5.69 Å². The predicted octanol–water partition coefficient (Wildman–Crippen LogP) is 3.61. The number of benzene rings is 1. The predicted molar refractivity (Wildman–Crippen MR) is 86.4 cm³/mol. The molecule has 1 unspecified atom stereocenters. The van der Waals surface area contributed by atoms with Gasteiger partial charge in [0.2, 0.25) is 0 Å². The lowest BCUT2D eigenvalue weighted by Gasteiger charge is -2.42. The van der Waals surface area contributed by atoms with Crippen LogP contribution in [0.5, 0.6) is 0 Å². The monoisotopic (exact) mass is 272 g/mol. The molecule has 1 heterocycles. The zero-order valence-corrected chi connectivity index (χ0v) is 13.2. The number of anilines is 1. The van der Waals surface area contributed by atoms with Gasteiger partial charge in [0.1, 0.15) is 0 Å². The topological polar surface area (TPSA) is 15.3 Å². The number of hydrogen-bond donors (Lipinski definition) is 1. The molecule has 0 bridgehead atoms. The van der Waals surface area contributed by atoms with Gasteiger partial charge in [0.25, 0.3) is 0 Å². The summed E-state index contributed by atoms with van der Waals surface area (Å²) in [6.07, 6.45) is 5.26. The summed E-state index contributed by atoms with van der Waals surface area (Å²) in [7, 11) is 0. The van der Waals surface area contributed by atoms with Crippen molar-refractivity contribution in [2.75, 3.05) is 18.0 Å². The Balaban J connectivity index is 1.71. The molecule has 0 aromatic heterocycles. The molecule has 1 aliphatic heterocycles. The highest BCUT2D eigenvalue weighted by atomic mass is 15.2. The Hall–Kier alpha value is -1.02. The molecule has 1 fully saturated rings. The molecule has 0 radical (unpaired) electrons. The van der Waals surface area contributed by atoms with E-state index in [1.807, 2.05) is 0 Å². The molecule has 2 nitrogen and oxygen atoms in total. The molecule has 1 saturated carbocycles. The Morgan fingerprint density at radius 1 is 1.20 bits per heavy atom. The first-order chi connectivity index (χ1) is 9.55. The van der Waals surface area contributed by atoms with Crippen molar-refractivity contribution in [3.8, 4) is 0 Å². The fraction of sp³-hybridized carbons (Fsp3) is 0.667. The smallest absolute Gasteiger partial charge is 0.0401 e. The van der Waals surface area contributed by atoms with Crippen LogP contribution in [-0.4, -0.2) is 25.2 Å². The third-order valence-electron chi connectivity index (χ3n) is 4.71. The molecule has 0 spiro atoms. The highest BCUT2D eigenvalue weighted by Crippen LogP contribution is 2.33. The SMILES string of the molecule is CC1CCc2ccccc2N1CC(C)(C)CNC1CC1. The zero-order chi connectivity index (χ0) is 14.2. The molecular weight excluding hydrogens is 244 g/mol. The first-order valence-electron chi connectivity index (χ1n) is 8.13. The fourth-order valence-electron chi connectivity index (χ4n) is 3.23. The van der Waals surface area contributed by atoms with Gasteiger partial charge in [0.05, 0.1) is 0 Å². The van der Waals surface area contributed by atoms with Gasteiger partial charge in [-0.1, -0.05) is 32.0 Å². The summed E-state index contributed by atoms with van der Waals surface area (Å²) >= 11 is 0. The van der Waals surface area contributed by atoms with Crippen LogP contribution in [-0.2, 0) is 6.42 Å². The first-order valence-corrected chi connectivity index (χ1v) is 8.13. The summed E-state index contributed by atoms with van der Waals surface area (Å²) < 4.78 is 0. The maximum absolute atomic E-state index is 3.70. The standard InChI is InChI=1S/C18H28N2/c1-14-8-9-15-6-4-5-7-17(15)20(14)13-18(2,3)12-19-16-10-11-16/h4-7,14,16,19H,8-13H2,1-3H3. The number of nitrogens with one attached hydrogen (secondary N) is 1. The van der Waals surface area contributed by atoms with Crippen molar-refractivity contribution in [2.45, 2.75) is 58.5 Å². The van der Waals surface area contributed by atoms with Gasteiger partial charge in [0, 0.05) is 30.9 Å². The fourth-order valence-corrected chi connectivity index (χ4v) is 3.23. The van der Waals surface area contributed by atoms with Crippen LogP contribution >= 0.6 is 0 Å². The van der Waals surface area contributed by atoms with Gasteiger partial charge < -0.3 is 10.2 Å². The molecule has 2 heteroatoms. The number of nitrogens with zero attached hydrogens (tertiary/aromatic N) is 1. The zero-order valence-electron chi connectivity index (χ0n) is 13.2. The lowest BCUT2D eigenvalue weighted by atomic mass is 9.88. The van der Waals surface area contributed by atoms with Crippen LogP contribution in [0.15, 0.2) is 24.3 Å². The molecule has 3 rings (SSSR count). The molecule has 1 aromatic carbocycles. The molecule has 110 valence electrons. The van der Waals surface area contributed by atoms with E-state index in [-0.39, 0.29) is 0 Å². The van der Waals surface area contributed by atoms with Crippen molar-refractivity contribution in [3.05, 3.63) is 29.8 Å². The third kappa shape index (κ3) is 3.17. The van der Waals surface area contributed by atoms with Crippen LogP contribution in [0.2, 0.25) is 0 Å². The number of hydrogen-bond acceptors (Lipinski definition) is 2. The Kier molecular flexibility index (Phi) is 3.76. The minimum atomic E-state index is 0.321. The average molecular weight is 272 g/mol. The Bertz CT molecular complexity index is 462. The van der Waals surface area contributed by atoms with E-state index >= 15 is 0 Å². The lowest BCUT2D eigenvalue weighted by molar-refractivity contribution is 0.326. The first kappa shape index (κ1) is 13.9. The number of rotatable bonds is 5.